The Labute approximate surface area is 175 Å². The van der Waals surface area contributed by atoms with Crippen molar-refractivity contribution in [2.24, 2.45) is 0 Å². The minimum absolute atomic E-state index is 0.00626. The van der Waals surface area contributed by atoms with Crippen molar-refractivity contribution < 1.29 is 31.9 Å². The number of benzene rings is 2. The summed E-state index contributed by atoms with van der Waals surface area (Å²) in [5, 5.41) is 4.94. The van der Waals surface area contributed by atoms with Crippen LogP contribution in [0.4, 0.5) is 23.2 Å². The van der Waals surface area contributed by atoms with Crippen LogP contribution in [0.15, 0.2) is 42.5 Å². The van der Waals surface area contributed by atoms with Crippen LogP contribution in [0.3, 0.4) is 0 Å². The summed E-state index contributed by atoms with van der Waals surface area (Å²) in [6.45, 7) is 0.111. The van der Waals surface area contributed by atoms with Crippen LogP contribution in [0.1, 0.15) is 32.7 Å². The van der Waals surface area contributed by atoms with E-state index in [4.69, 9.17) is 0 Å². The fourth-order valence-corrected chi connectivity index (χ4v) is 3.33. The van der Waals surface area contributed by atoms with Crippen LogP contribution in [-0.4, -0.2) is 47.9 Å². The number of para-hydroxylation sites is 1. The number of halogens is 4. The first-order valence-electron chi connectivity index (χ1n) is 9.38. The van der Waals surface area contributed by atoms with Gasteiger partial charge in [0.05, 0.1) is 16.8 Å². The van der Waals surface area contributed by atoms with E-state index in [2.05, 4.69) is 10.6 Å². The highest BCUT2D eigenvalue weighted by Crippen LogP contribution is 2.24. The number of alkyl halides is 3. The van der Waals surface area contributed by atoms with E-state index in [9.17, 15) is 31.9 Å². The Morgan fingerprint density at radius 3 is 2.42 bits per heavy atom. The van der Waals surface area contributed by atoms with Crippen LogP contribution in [-0.2, 0) is 4.79 Å². The van der Waals surface area contributed by atoms with Crippen molar-refractivity contribution in [2.75, 3.05) is 18.4 Å². The molecule has 31 heavy (non-hydrogen) atoms. The number of anilines is 1. The number of amides is 3. The Hall–Kier alpha value is -3.43. The molecule has 2 N–H and O–H groups in total. The molecule has 10 heteroatoms. The van der Waals surface area contributed by atoms with Gasteiger partial charge in [0.25, 0.3) is 11.8 Å². The molecule has 1 saturated heterocycles. The summed E-state index contributed by atoms with van der Waals surface area (Å²) in [6, 6.07) is 8.79. The smallest absolute Gasteiger partial charge is 0.340 e. The first kappa shape index (κ1) is 22.3. The van der Waals surface area contributed by atoms with Gasteiger partial charge in [-0.1, -0.05) is 24.3 Å². The molecule has 0 saturated carbocycles. The number of carbonyl (C=O) groups excluding carboxylic acids is 3. The molecule has 0 radical (unpaired) electrons. The maximum Gasteiger partial charge on any atom is 0.406 e. The van der Waals surface area contributed by atoms with E-state index in [1.807, 2.05) is 0 Å². The van der Waals surface area contributed by atoms with E-state index in [1.165, 1.54) is 24.3 Å². The zero-order valence-electron chi connectivity index (χ0n) is 16.4. The van der Waals surface area contributed by atoms with Gasteiger partial charge in [-0.3, -0.25) is 14.4 Å². The van der Waals surface area contributed by atoms with Gasteiger partial charge in [-0.05, 0) is 37.1 Å². The van der Waals surface area contributed by atoms with Crippen molar-refractivity contribution >= 4 is 23.4 Å². The predicted octanol–water partition coefficient (Wildman–Crippen LogP) is 3.28. The topological polar surface area (TPSA) is 78.5 Å². The van der Waals surface area contributed by atoms with Crippen LogP contribution in [0.5, 0.6) is 0 Å². The second kappa shape index (κ2) is 8.75. The van der Waals surface area contributed by atoms with Crippen molar-refractivity contribution in [3.05, 3.63) is 65.0 Å². The fraction of sp³-hybridized carbons (Fsp3) is 0.286. The van der Waals surface area contributed by atoms with Crippen LogP contribution < -0.4 is 10.6 Å². The normalized spacial score (nSPS) is 16.4. The van der Waals surface area contributed by atoms with Crippen LogP contribution in [0, 0.1) is 12.7 Å². The van der Waals surface area contributed by atoms with Gasteiger partial charge in [0.1, 0.15) is 18.4 Å². The van der Waals surface area contributed by atoms with E-state index in [0.29, 0.717) is 10.5 Å². The SMILES string of the molecule is Cc1cccc(C(=O)N[C@@H]2CCN(CC(F)(F)F)C2=O)c1NC(=O)c1ccccc1F. The number of hydrogen-bond acceptors (Lipinski definition) is 3. The lowest BCUT2D eigenvalue weighted by Gasteiger charge is -2.19. The fourth-order valence-electron chi connectivity index (χ4n) is 3.33. The molecule has 0 bridgehead atoms. The summed E-state index contributed by atoms with van der Waals surface area (Å²) >= 11 is 0. The molecular weight excluding hydrogens is 418 g/mol. The standard InChI is InChI=1S/C21H19F4N3O3/c1-12-5-4-7-14(17(12)27-18(29)13-6-2-3-8-15(13)22)19(30)26-16-9-10-28(20(16)31)11-21(23,24)25/h2-8,16H,9-11H2,1H3,(H,26,30)(H,27,29)/t16-/m1/s1. The summed E-state index contributed by atoms with van der Waals surface area (Å²) in [6.07, 6.45) is -4.50. The molecule has 0 aromatic heterocycles. The van der Waals surface area contributed by atoms with Gasteiger partial charge < -0.3 is 15.5 Å². The molecule has 2 aromatic rings. The summed E-state index contributed by atoms with van der Waals surface area (Å²) in [5.74, 6) is -3.06. The number of aryl methyl sites for hydroxylation is 1. The molecule has 1 fully saturated rings. The summed E-state index contributed by atoms with van der Waals surface area (Å²) < 4.78 is 51.6. The second-order valence-corrected chi connectivity index (χ2v) is 7.12. The van der Waals surface area contributed by atoms with Crippen LogP contribution in [0.2, 0.25) is 0 Å². The van der Waals surface area contributed by atoms with Gasteiger partial charge in [0.2, 0.25) is 5.91 Å². The molecule has 0 spiro atoms. The first-order chi connectivity index (χ1) is 14.6. The van der Waals surface area contributed by atoms with E-state index >= 15 is 0 Å². The number of carbonyl (C=O) groups is 3. The van der Waals surface area contributed by atoms with Crippen LogP contribution >= 0.6 is 0 Å². The third-order valence-corrected chi connectivity index (χ3v) is 4.85. The lowest BCUT2D eigenvalue weighted by atomic mass is 10.1. The largest absolute Gasteiger partial charge is 0.406 e. The minimum Gasteiger partial charge on any atom is -0.340 e. The number of nitrogens with zero attached hydrogens (tertiary/aromatic N) is 1. The van der Waals surface area contributed by atoms with E-state index in [-0.39, 0.29) is 29.8 Å². The lowest BCUT2D eigenvalue weighted by Crippen LogP contribution is -2.44. The molecule has 0 unspecified atom stereocenters. The molecule has 1 aliphatic heterocycles. The predicted molar refractivity (Wildman–Crippen MR) is 104 cm³/mol. The van der Waals surface area contributed by atoms with E-state index < -0.39 is 42.3 Å². The van der Waals surface area contributed by atoms with Gasteiger partial charge in [-0.25, -0.2) is 4.39 Å². The number of nitrogens with one attached hydrogen (secondary N) is 2. The monoisotopic (exact) mass is 437 g/mol. The van der Waals surface area contributed by atoms with Crippen LogP contribution in [0.25, 0.3) is 0 Å². The van der Waals surface area contributed by atoms with Gasteiger partial charge in [-0.2, -0.15) is 13.2 Å². The highest BCUT2D eigenvalue weighted by molar-refractivity contribution is 6.10. The molecule has 1 heterocycles. The zero-order valence-corrected chi connectivity index (χ0v) is 16.4. The molecule has 1 aliphatic rings. The first-order valence-corrected chi connectivity index (χ1v) is 9.38. The van der Waals surface area contributed by atoms with E-state index in [0.717, 1.165) is 6.07 Å². The summed E-state index contributed by atoms with van der Waals surface area (Å²) in [4.78, 5) is 38.1. The second-order valence-electron chi connectivity index (χ2n) is 7.12. The number of rotatable bonds is 5. The Balaban J connectivity index is 1.77. The Morgan fingerprint density at radius 2 is 1.74 bits per heavy atom. The third kappa shape index (κ3) is 5.19. The molecule has 1 atom stereocenters. The van der Waals surface area contributed by atoms with Crippen molar-refractivity contribution in [3.63, 3.8) is 0 Å². The van der Waals surface area contributed by atoms with Crippen molar-refractivity contribution in [1.82, 2.24) is 10.2 Å². The molecule has 3 amide bonds. The number of hydrogen-bond donors (Lipinski definition) is 2. The summed E-state index contributed by atoms with van der Waals surface area (Å²) in [5.41, 5.74) is 0.414. The number of likely N-dealkylation sites (tertiary alicyclic amines) is 1. The van der Waals surface area contributed by atoms with Gasteiger partial charge in [0, 0.05) is 6.54 Å². The molecule has 6 nitrogen and oxygen atoms in total. The van der Waals surface area contributed by atoms with E-state index in [1.54, 1.807) is 19.1 Å². The van der Waals surface area contributed by atoms with Gasteiger partial charge in [0.15, 0.2) is 0 Å². The molecule has 0 aliphatic carbocycles. The maximum atomic E-state index is 13.9. The Kier molecular flexibility index (Phi) is 6.28. The molecule has 2 aromatic carbocycles. The highest BCUT2D eigenvalue weighted by atomic mass is 19.4. The van der Waals surface area contributed by atoms with Crippen molar-refractivity contribution in [2.45, 2.75) is 25.6 Å². The molecular formula is C21H19F4N3O3. The third-order valence-electron chi connectivity index (χ3n) is 4.85. The minimum atomic E-state index is -4.53. The quantitative estimate of drug-likeness (QED) is 0.705. The lowest BCUT2D eigenvalue weighted by molar-refractivity contribution is -0.157. The van der Waals surface area contributed by atoms with Gasteiger partial charge in [-0.15, -0.1) is 0 Å². The van der Waals surface area contributed by atoms with Gasteiger partial charge >= 0.3 is 6.18 Å². The Morgan fingerprint density at radius 1 is 1.06 bits per heavy atom. The maximum absolute atomic E-state index is 13.9. The molecule has 164 valence electrons. The average Bonchev–Trinajstić information content (AvgIpc) is 3.01. The Bertz CT molecular complexity index is 1020. The molecule has 3 rings (SSSR count). The van der Waals surface area contributed by atoms with Crippen molar-refractivity contribution in [1.29, 1.82) is 0 Å². The highest BCUT2D eigenvalue weighted by Gasteiger charge is 2.40. The van der Waals surface area contributed by atoms with Crippen molar-refractivity contribution in [3.8, 4) is 0 Å². The summed E-state index contributed by atoms with van der Waals surface area (Å²) in [7, 11) is 0. The average molecular weight is 437 g/mol. The zero-order chi connectivity index (χ0) is 22.8.